The minimum Gasteiger partial charge on any atom is -0.423 e. The lowest BCUT2D eigenvalue weighted by Gasteiger charge is -2.11. The molecule has 0 N–H and O–H groups in total. The van der Waals surface area contributed by atoms with Crippen molar-refractivity contribution in [2.24, 2.45) is 0 Å². The Hall–Kier alpha value is -1.36. The van der Waals surface area contributed by atoms with Crippen molar-refractivity contribution in [1.82, 2.24) is 0 Å². The van der Waals surface area contributed by atoms with E-state index in [1.54, 1.807) is 18.2 Å². The molecule has 17 heavy (non-hydrogen) atoms. The first-order chi connectivity index (χ1) is 7.90. The molecular weight excluding hydrogens is 288 g/mol. The Morgan fingerprint density at radius 2 is 1.65 bits per heavy atom. The summed E-state index contributed by atoms with van der Waals surface area (Å²) in [4.78, 5) is 22.0. The van der Waals surface area contributed by atoms with Crippen molar-refractivity contribution < 1.29 is 19.1 Å². The van der Waals surface area contributed by atoms with E-state index in [1.165, 1.54) is 13.8 Å². The Labute approximate surface area is 108 Å². The minimum absolute atomic E-state index is 0.114. The lowest BCUT2D eigenvalue weighted by atomic mass is 10.1. The number of esters is 2. The summed E-state index contributed by atoms with van der Waals surface area (Å²) in [6, 6.07) is 5.07. The van der Waals surface area contributed by atoms with E-state index in [1.807, 2.05) is 6.92 Å². The number of rotatable bonds is 3. The third-order valence-corrected chi connectivity index (χ3v) is 2.46. The molecule has 92 valence electrons. The van der Waals surface area contributed by atoms with Gasteiger partial charge in [0.05, 0.1) is 0 Å². The van der Waals surface area contributed by atoms with Gasteiger partial charge in [-0.15, -0.1) is 0 Å². The van der Waals surface area contributed by atoms with Crippen molar-refractivity contribution in [3.63, 3.8) is 0 Å². The van der Waals surface area contributed by atoms with E-state index in [4.69, 9.17) is 9.47 Å². The van der Waals surface area contributed by atoms with Gasteiger partial charge in [0.25, 0.3) is 0 Å². The van der Waals surface area contributed by atoms with Gasteiger partial charge in [-0.2, -0.15) is 0 Å². The normalized spacial score (nSPS) is 11.8. The first-order valence-electron chi connectivity index (χ1n) is 5.05. The van der Waals surface area contributed by atoms with E-state index in [0.717, 1.165) is 5.56 Å². The van der Waals surface area contributed by atoms with Crippen LogP contribution in [-0.2, 0) is 9.59 Å². The van der Waals surface area contributed by atoms with Crippen LogP contribution in [-0.4, -0.2) is 11.9 Å². The highest BCUT2D eigenvalue weighted by molar-refractivity contribution is 9.09. The van der Waals surface area contributed by atoms with Crippen LogP contribution < -0.4 is 9.47 Å². The van der Waals surface area contributed by atoms with Crippen molar-refractivity contribution in [2.45, 2.75) is 25.6 Å². The summed E-state index contributed by atoms with van der Waals surface area (Å²) in [6.45, 7) is 4.53. The standard InChI is InChI=1S/C12H13BrO4/c1-7(13)10-4-5-11(16-8(2)14)12(6-10)17-9(3)15/h4-7H,1-3H3. The summed E-state index contributed by atoms with van der Waals surface area (Å²) >= 11 is 3.41. The maximum absolute atomic E-state index is 11.0. The van der Waals surface area contributed by atoms with Gasteiger partial charge in [0.2, 0.25) is 0 Å². The monoisotopic (exact) mass is 300 g/mol. The van der Waals surface area contributed by atoms with Crippen LogP contribution in [0.15, 0.2) is 18.2 Å². The number of benzene rings is 1. The molecular formula is C12H13BrO4. The Morgan fingerprint density at radius 3 is 2.12 bits per heavy atom. The van der Waals surface area contributed by atoms with Gasteiger partial charge in [0, 0.05) is 18.7 Å². The SMILES string of the molecule is CC(=O)Oc1ccc(C(C)Br)cc1OC(C)=O. The third-order valence-electron chi connectivity index (χ3n) is 1.93. The summed E-state index contributed by atoms with van der Waals surface area (Å²) in [7, 11) is 0. The Balaban J connectivity index is 3.11. The molecule has 0 bridgehead atoms. The minimum atomic E-state index is -0.460. The van der Waals surface area contributed by atoms with E-state index in [0.29, 0.717) is 0 Å². The van der Waals surface area contributed by atoms with Gasteiger partial charge in [-0.05, 0) is 24.6 Å². The molecule has 4 nitrogen and oxygen atoms in total. The third kappa shape index (κ3) is 4.19. The smallest absolute Gasteiger partial charge is 0.308 e. The van der Waals surface area contributed by atoms with E-state index >= 15 is 0 Å². The van der Waals surface area contributed by atoms with Gasteiger partial charge in [-0.1, -0.05) is 22.0 Å². The molecule has 1 aromatic rings. The molecule has 5 heteroatoms. The van der Waals surface area contributed by atoms with E-state index in [2.05, 4.69) is 15.9 Å². The van der Waals surface area contributed by atoms with E-state index in [-0.39, 0.29) is 16.3 Å². The molecule has 0 saturated carbocycles. The van der Waals surface area contributed by atoms with Crippen LogP contribution in [0.5, 0.6) is 11.5 Å². The maximum Gasteiger partial charge on any atom is 0.308 e. The van der Waals surface area contributed by atoms with Crippen LogP contribution in [0.4, 0.5) is 0 Å². The summed E-state index contributed by atoms with van der Waals surface area (Å²) in [5, 5.41) is 0. The zero-order valence-electron chi connectivity index (χ0n) is 9.82. The second-order valence-electron chi connectivity index (χ2n) is 3.51. The molecule has 0 aromatic heterocycles. The average Bonchev–Trinajstić information content (AvgIpc) is 2.18. The molecule has 1 atom stereocenters. The van der Waals surface area contributed by atoms with Crippen molar-refractivity contribution in [1.29, 1.82) is 0 Å². The predicted molar refractivity (Wildman–Crippen MR) is 66.4 cm³/mol. The number of hydrogen-bond acceptors (Lipinski definition) is 4. The molecule has 0 aliphatic rings. The zero-order valence-corrected chi connectivity index (χ0v) is 11.4. The van der Waals surface area contributed by atoms with Crippen LogP contribution in [0.1, 0.15) is 31.2 Å². The summed E-state index contributed by atoms with van der Waals surface area (Å²) in [6.07, 6.45) is 0. The summed E-state index contributed by atoms with van der Waals surface area (Å²) < 4.78 is 9.95. The highest BCUT2D eigenvalue weighted by atomic mass is 79.9. The molecule has 0 radical (unpaired) electrons. The summed E-state index contributed by atoms with van der Waals surface area (Å²) in [5.74, 6) is -0.433. The molecule has 0 aliphatic heterocycles. The van der Waals surface area contributed by atoms with E-state index < -0.39 is 11.9 Å². The van der Waals surface area contributed by atoms with Gasteiger partial charge in [0.15, 0.2) is 11.5 Å². The van der Waals surface area contributed by atoms with Gasteiger partial charge >= 0.3 is 11.9 Å². The fraction of sp³-hybridized carbons (Fsp3) is 0.333. The van der Waals surface area contributed by atoms with Crippen LogP contribution in [0, 0.1) is 0 Å². The van der Waals surface area contributed by atoms with Gasteiger partial charge in [-0.25, -0.2) is 0 Å². The largest absolute Gasteiger partial charge is 0.423 e. The lowest BCUT2D eigenvalue weighted by molar-refractivity contribution is -0.134. The van der Waals surface area contributed by atoms with Crippen LogP contribution in [0.25, 0.3) is 0 Å². The first kappa shape index (κ1) is 13.7. The Bertz CT molecular complexity index is 440. The number of alkyl halides is 1. The van der Waals surface area contributed by atoms with Gasteiger partial charge in [0.1, 0.15) is 0 Å². The zero-order chi connectivity index (χ0) is 13.0. The van der Waals surface area contributed by atoms with Crippen molar-refractivity contribution >= 4 is 27.9 Å². The highest BCUT2D eigenvalue weighted by Crippen LogP contribution is 2.33. The lowest BCUT2D eigenvalue weighted by Crippen LogP contribution is -2.07. The molecule has 0 spiro atoms. The molecule has 0 saturated heterocycles. The first-order valence-corrected chi connectivity index (χ1v) is 5.96. The molecule has 1 unspecified atom stereocenters. The van der Waals surface area contributed by atoms with Crippen LogP contribution >= 0.6 is 15.9 Å². The van der Waals surface area contributed by atoms with Gasteiger partial charge in [-0.3, -0.25) is 9.59 Å². The maximum atomic E-state index is 11.0. The second-order valence-corrected chi connectivity index (χ2v) is 4.88. The van der Waals surface area contributed by atoms with Crippen molar-refractivity contribution in [3.05, 3.63) is 23.8 Å². The number of carbonyl (C=O) groups excluding carboxylic acids is 2. The van der Waals surface area contributed by atoms with E-state index in [9.17, 15) is 9.59 Å². The van der Waals surface area contributed by atoms with Crippen molar-refractivity contribution in [2.75, 3.05) is 0 Å². The number of ether oxygens (including phenoxy) is 2. The van der Waals surface area contributed by atoms with Crippen LogP contribution in [0.2, 0.25) is 0 Å². The second kappa shape index (κ2) is 5.82. The summed E-state index contributed by atoms with van der Waals surface area (Å²) in [5.41, 5.74) is 0.928. The number of hydrogen-bond donors (Lipinski definition) is 0. The number of carbonyl (C=O) groups is 2. The van der Waals surface area contributed by atoms with Gasteiger partial charge < -0.3 is 9.47 Å². The molecule has 1 rings (SSSR count). The number of halogens is 1. The predicted octanol–water partition coefficient (Wildman–Crippen LogP) is 2.99. The fourth-order valence-electron chi connectivity index (χ4n) is 1.25. The Morgan fingerprint density at radius 1 is 1.12 bits per heavy atom. The molecule has 0 fully saturated rings. The quantitative estimate of drug-likeness (QED) is 0.489. The molecule has 0 heterocycles. The fourth-order valence-corrected chi connectivity index (χ4v) is 1.53. The molecule has 0 amide bonds. The van der Waals surface area contributed by atoms with Crippen LogP contribution in [0.3, 0.4) is 0 Å². The average molecular weight is 301 g/mol. The molecule has 1 aromatic carbocycles. The highest BCUT2D eigenvalue weighted by Gasteiger charge is 2.12. The Kier molecular flexibility index (Phi) is 4.69. The topological polar surface area (TPSA) is 52.6 Å². The van der Waals surface area contributed by atoms with Crippen molar-refractivity contribution in [3.8, 4) is 11.5 Å². The molecule has 0 aliphatic carbocycles.